The Kier molecular flexibility index (Phi) is 4.41. The first-order valence-electron chi connectivity index (χ1n) is 7.50. The summed E-state index contributed by atoms with van der Waals surface area (Å²) in [5.74, 6) is -0.734. The van der Waals surface area contributed by atoms with E-state index in [9.17, 15) is 13.6 Å². The minimum Gasteiger partial charge on any atom is -0.369 e. The molecule has 120 valence electrons. The topological polar surface area (TPSA) is 44.4 Å². The Morgan fingerprint density at radius 2 is 1.52 bits per heavy atom. The summed E-state index contributed by atoms with van der Waals surface area (Å²) in [6.07, 6.45) is 2.14. The smallest absolute Gasteiger partial charge is 0.323 e. The van der Waals surface area contributed by atoms with Crippen molar-refractivity contribution in [2.24, 2.45) is 0 Å². The fourth-order valence-electron chi connectivity index (χ4n) is 2.63. The highest BCUT2D eigenvalue weighted by Crippen LogP contribution is 2.26. The van der Waals surface area contributed by atoms with Gasteiger partial charge in [-0.1, -0.05) is 0 Å². The Morgan fingerprint density at radius 1 is 0.913 bits per heavy atom. The first kappa shape index (κ1) is 15.3. The van der Waals surface area contributed by atoms with Gasteiger partial charge in [-0.15, -0.1) is 0 Å². The molecular formula is C17H17F2N3O. The number of nitrogens with zero attached hydrogens (tertiary/aromatic N) is 1. The Bertz CT molecular complexity index is 697. The minimum absolute atomic E-state index is 0.355. The second kappa shape index (κ2) is 6.64. The average molecular weight is 317 g/mol. The normalized spacial score (nSPS) is 13.9. The molecule has 0 radical (unpaired) electrons. The summed E-state index contributed by atoms with van der Waals surface area (Å²) < 4.78 is 27.0. The van der Waals surface area contributed by atoms with Crippen LogP contribution in [0.1, 0.15) is 12.8 Å². The molecule has 2 aromatic carbocycles. The molecule has 0 unspecified atom stereocenters. The number of anilines is 3. The summed E-state index contributed by atoms with van der Waals surface area (Å²) in [5.41, 5.74) is 1.38. The van der Waals surface area contributed by atoms with Gasteiger partial charge in [0.25, 0.3) is 0 Å². The Hall–Kier alpha value is -2.63. The average Bonchev–Trinajstić information content (AvgIpc) is 3.04. The highest BCUT2D eigenvalue weighted by atomic mass is 19.1. The van der Waals surface area contributed by atoms with Gasteiger partial charge in [-0.2, -0.15) is 0 Å². The van der Waals surface area contributed by atoms with Crippen LogP contribution in [0.5, 0.6) is 0 Å². The number of carbonyl (C=O) groups excluding carboxylic acids is 1. The predicted octanol–water partition coefficient (Wildman–Crippen LogP) is 4.21. The van der Waals surface area contributed by atoms with E-state index in [2.05, 4.69) is 10.6 Å². The fourth-order valence-corrected chi connectivity index (χ4v) is 2.63. The van der Waals surface area contributed by atoms with Crippen molar-refractivity contribution in [2.75, 3.05) is 28.6 Å². The van der Waals surface area contributed by atoms with E-state index in [4.69, 9.17) is 0 Å². The zero-order valence-electron chi connectivity index (χ0n) is 12.5. The molecule has 4 nitrogen and oxygen atoms in total. The summed E-state index contributed by atoms with van der Waals surface area (Å²) >= 11 is 0. The number of hydrogen-bond acceptors (Lipinski definition) is 2. The first-order chi connectivity index (χ1) is 11.1. The van der Waals surface area contributed by atoms with E-state index < -0.39 is 6.03 Å². The molecule has 2 N–H and O–H groups in total. The lowest BCUT2D eigenvalue weighted by molar-refractivity contribution is 0.262. The van der Waals surface area contributed by atoms with Crippen LogP contribution >= 0.6 is 0 Å². The molecule has 2 aromatic rings. The van der Waals surface area contributed by atoms with Gasteiger partial charge in [0.1, 0.15) is 11.6 Å². The number of benzene rings is 2. The first-order valence-corrected chi connectivity index (χ1v) is 7.50. The van der Waals surface area contributed by atoms with Gasteiger partial charge in [0.05, 0.1) is 5.69 Å². The summed E-state index contributed by atoms with van der Waals surface area (Å²) in [7, 11) is 0. The van der Waals surface area contributed by atoms with Gasteiger partial charge in [-0.25, -0.2) is 13.6 Å². The molecule has 1 aliphatic heterocycles. The molecule has 23 heavy (non-hydrogen) atoms. The lowest BCUT2D eigenvalue weighted by atomic mass is 10.2. The lowest BCUT2D eigenvalue weighted by Crippen LogP contribution is -2.21. The van der Waals surface area contributed by atoms with Crippen LogP contribution in [0.25, 0.3) is 0 Å². The van der Waals surface area contributed by atoms with Crippen molar-refractivity contribution in [3.8, 4) is 0 Å². The Balaban J connectivity index is 1.64. The van der Waals surface area contributed by atoms with Crippen molar-refractivity contribution in [2.45, 2.75) is 12.8 Å². The van der Waals surface area contributed by atoms with Gasteiger partial charge in [-0.05, 0) is 55.3 Å². The van der Waals surface area contributed by atoms with Crippen LogP contribution in [0.3, 0.4) is 0 Å². The Labute approximate surface area is 133 Å². The fraction of sp³-hybridized carbons (Fsp3) is 0.235. The largest absolute Gasteiger partial charge is 0.369 e. The maximum atomic E-state index is 14.2. The summed E-state index contributed by atoms with van der Waals surface area (Å²) in [6, 6.07) is 9.54. The van der Waals surface area contributed by atoms with E-state index in [-0.39, 0.29) is 11.6 Å². The molecule has 0 aromatic heterocycles. The SMILES string of the molecule is O=C(Nc1ccc(F)cc1)Nc1ccc(N2CCCC2)c(F)c1. The number of halogens is 2. The number of rotatable bonds is 3. The third-order valence-corrected chi connectivity index (χ3v) is 3.75. The van der Waals surface area contributed by atoms with Crippen LogP contribution in [0.4, 0.5) is 30.6 Å². The van der Waals surface area contributed by atoms with Crippen LogP contribution in [-0.2, 0) is 0 Å². The number of nitrogens with one attached hydrogen (secondary N) is 2. The van der Waals surface area contributed by atoms with Crippen LogP contribution in [-0.4, -0.2) is 19.1 Å². The third kappa shape index (κ3) is 3.77. The molecule has 3 rings (SSSR count). The molecule has 1 heterocycles. The maximum Gasteiger partial charge on any atom is 0.323 e. The van der Waals surface area contributed by atoms with E-state index in [1.54, 1.807) is 12.1 Å². The number of carbonyl (C=O) groups is 1. The van der Waals surface area contributed by atoms with Crippen LogP contribution in [0.2, 0.25) is 0 Å². The monoisotopic (exact) mass is 317 g/mol. The molecule has 0 spiro atoms. The van der Waals surface area contributed by atoms with Crippen LogP contribution in [0.15, 0.2) is 42.5 Å². The van der Waals surface area contributed by atoms with Crippen LogP contribution < -0.4 is 15.5 Å². The molecule has 0 atom stereocenters. The van der Waals surface area contributed by atoms with Gasteiger partial charge < -0.3 is 15.5 Å². The predicted molar refractivity (Wildman–Crippen MR) is 86.9 cm³/mol. The summed E-state index contributed by atoms with van der Waals surface area (Å²) in [6.45, 7) is 1.71. The second-order valence-corrected chi connectivity index (χ2v) is 5.45. The van der Waals surface area contributed by atoms with Crippen molar-refractivity contribution in [1.29, 1.82) is 0 Å². The van der Waals surface area contributed by atoms with Crippen molar-refractivity contribution < 1.29 is 13.6 Å². The van der Waals surface area contributed by atoms with Crippen molar-refractivity contribution in [3.05, 3.63) is 54.1 Å². The number of urea groups is 1. The highest BCUT2D eigenvalue weighted by molar-refractivity contribution is 5.99. The molecule has 0 aliphatic carbocycles. The third-order valence-electron chi connectivity index (χ3n) is 3.75. The zero-order valence-corrected chi connectivity index (χ0v) is 12.5. The van der Waals surface area contributed by atoms with Crippen LogP contribution in [0, 0.1) is 11.6 Å². The van der Waals surface area contributed by atoms with E-state index >= 15 is 0 Å². The minimum atomic E-state index is -0.509. The highest BCUT2D eigenvalue weighted by Gasteiger charge is 2.16. The molecule has 0 bridgehead atoms. The van der Waals surface area contributed by atoms with E-state index in [1.165, 1.54) is 30.3 Å². The lowest BCUT2D eigenvalue weighted by Gasteiger charge is -2.19. The Morgan fingerprint density at radius 3 is 2.17 bits per heavy atom. The molecule has 2 amide bonds. The number of hydrogen-bond donors (Lipinski definition) is 2. The molecule has 1 saturated heterocycles. The van der Waals surface area contributed by atoms with E-state index in [0.717, 1.165) is 25.9 Å². The molecule has 6 heteroatoms. The van der Waals surface area contributed by atoms with Crippen molar-refractivity contribution in [3.63, 3.8) is 0 Å². The quantitative estimate of drug-likeness (QED) is 0.890. The van der Waals surface area contributed by atoms with E-state index in [0.29, 0.717) is 17.1 Å². The molecule has 1 aliphatic rings. The van der Waals surface area contributed by atoms with Gasteiger partial charge in [0, 0.05) is 24.5 Å². The second-order valence-electron chi connectivity index (χ2n) is 5.45. The standard InChI is InChI=1S/C17H17F2N3O/c18-12-3-5-13(6-4-12)20-17(23)21-14-7-8-16(15(19)11-14)22-9-1-2-10-22/h3-8,11H,1-2,9-10H2,(H2,20,21,23). The van der Waals surface area contributed by atoms with Gasteiger partial charge in [0.2, 0.25) is 0 Å². The zero-order chi connectivity index (χ0) is 16.2. The van der Waals surface area contributed by atoms with Gasteiger partial charge >= 0.3 is 6.03 Å². The molecule has 1 fully saturated rings. The van der Waals surface area contributed by atoms with E-state index in [1.807, 2.05) is 4.90 Å². The summed E-state index contributed by atoms with van der Waals surface area (Å²) in [4.78, 5) is 13.9. The van der Waals surface area contributed by atoms with Crippen molar-refractivity contribution in [1.82, 2.24) is 0 Å². The molecule has 0 saturated carbocycles. The number of amides is 2. The van der Waals surface area contributed by atoms with Gasteiger partial charge in [0.15, 0.2) is 0 Å². The van der Waals surface area contributed by atoms with Crippen molar-refractivity contribution >= 4 is 23.1 Å². The van der Waals surface area contributed by atoms with Gasteiger partial charge in [-0.3, -0.25) is 0 Å². The summed E-state index contributed by atoms with van der Waals surface area (Å²) in [5, 5.41) is 5.12. The molecular weight excluding hydrogens is 300 g/mol. The maximum absolute atomic E-state index is 14.2.